The molecule has 1 aromatic carbocycles. The molecule has 8 nitrogen and oxygen atoms in total. The largest absolute Gasteiger partial charge is 0.460 e. The second-order valence-electron chi connectivity index (χ2n) is 6.14. The molecule has 1 atom stereocenters. The van der Waals surface area contributed by atoms with Gasteiger partial charge in [-0.25, -0.2) is 9.78 Å². The number of hydrogen-bond donors (Lipinski definition) is 1. The van der Waals surface area contributed by atoms with Crippen LogP contribution in [0.3, 0.4) is 0 Å². The van der Waals surface area contributed by atoms with E-state index in [1.165, 1.54) is 18.3 Å². The highest BCUT2D eigenvalue weighted by Gasteiger charge is 2.13. The average molecular weight is 380 g/mol. The summed E-state index contributed by atoms with van der Waals surface area (Å²) in [6.07, 6.45) is 5.74. The molecule has 3 aromatic rings. The van der Waals surface area contributed by atoms with Crippen LogP contribution in [0.15, 0.2) is 67.1 Å². The van der Waals surface area contributed by atoms with Crippen molar-refractivity contribution >= 4 is 17.5 Å². The van der Waals surface area contributed by atoms with Crippen molar-refractivity contribution < 1.29 is 14.5 Å². The Kier molecular flexibility index (Phi) is 6.01. The maximum absolute atomic E-state index is 12.3. The molecule has 2 heterocycles. The lowest BCUT2D eigenvalue weighted by Crippen LogP contribution is -2.26. The summed E-state index contributed by atoms with van der Waals surface area (Å²) in [6, 6.07) is 13.8. The van der Waals surface area contributed by atoms with Crippen LogP contribution in [0.1, 0.15) is 23.7 Å². The highest BCUT2D eigenvalue weighted by molar-refractivity contribution is 5.89. The molecule has 0 saturated carbocycles. The molecule has 0 fully saturated rings. The van der Waals surface area contributed by atoms with Gasteiger partial charge in [-0.3, -0.25) is 10.1 Å². The first-order valence-electron chi connectivity index (χ1n) is 8.84. The summed E-state index contributed by atoms with van der Waals surface area (Å²) in [5.41, 5.74) is 1.35. The normalized spacial score (nSPS) is 11.6. The van der Waals surface area contributed by atoms with Crippen LogP contribution in [-0.4, -0.2) is 33.1 Å². The zero-order valence-corrected chi connectivity index (χ0v) is 15.3. The van der Waals surface area contributed by atoms with Gasteiger partial charge in [-0.2, -0.15) is 0 Å². The number of carbonyl (C=O) groups excluding carboxylic acids is 1. The molecule has 1 unspecified atom stereocenters. The predicted octanol–water partition coefficient (Wildman–Crippen LogP) is 3.83. The Hall–Kier alpha value is -3.68. The first kappa shape index (κ1) is 19.1. The van der Waals surface area contributed by atoms with E-state index in [2.05, 4.69) is 10.3 Å². The van der Waals surface area contributed by atoms with Gasteiger partial charge in [0.1, 0.15) is 18.6 Å². The van der Waals surface area contributed by atoms with Crippen LogP contribution in [0.4, 0.5) is 11.5 Å². The van der Waals surface area contributed by atoms with Gasteiger partial charge in [0, 0.05) is 24.1 Å². The number of hydrogen-bond acceptors (Lipinski definition) is 6. The van der Waals surface area contributed by atoms with E-state index in [4.69, 9.17) is 4.74 Å². The first-order chi connectivity index (χ1) is 13.6. The van der Waals surface area contributed by atoms with Gasteiger partial charge in [-0.15, -0.1) is 0 Å². The molecular weight excluding hydrogens is 360 g/mol. The molecular formula is C20H20N4O4. The number of nitrogens with zero attached hydrogens (tertiary/aromatic N) is 3. The van der Waals surface area contributed by atoms with Crippen LogP contribution in [0, 0.1) is 10.1 Å². The number of anilines is 1. The SMILES string of the molecule is CCC(COC(=O)c1ccc(-n2cccc2)cc1)Nc1ccc([N+](=O)[O-])cn1. The fourth-order valence-corrected chi connectivity index (χ4v) is 2.59. The summed E-state index contributed by atoms with van der Waals surface area (Å²) in [5.74, 6) is 0.0838. The monoisotopic (exact) mass is 380 g/mol. The Balaban J connectivity index is 1.55. The lowest BCUT2D eigenvalue weighted by molar-refractivity contribution is -0.385. The predicted molar refractivity (Wildman–Crippen MR) is 105 cm³/mol. The minimum atomic E-state index is -0.503. The van der Waals surface area contributed by atoms with Crippen LogP contribution in [-0.2, 0) is 4.74 Å². The average Bonchev–Trinajstić information content (AvgIpc) is 3.26. The van der Waals surface area contributed by atoms with Crippen molar-refractivity contribution in [3.05, 3.63) is 82.8 Å². The van der Waals surface area contributed by atoms with Gasteiger partial charge in [-0.05, 0) is 48.9 Å². The van der Waals surface area contributed by atoms with E-state index in [0.29, 0.717) is 17.8 Å². The lowest BCUT2D eigenvalue weighted by atomic mass is 10.2. The van der Waals surface area contributed by atoms with E-state index >= 15 is 0 Å². The van der Waals surface area contributed by atoms with Crippen molar-refractivity contribution in [1.82, 2.24) is 9.55 Å². The molecule has 1 N–H and O–H groups in total. The third-order valence-electron chi connectivity index (χ3n) is 4.22. The number of ether oxygens (including phenoxy) is 1. The second kappa shape index (κ2) is 8.81. The maximum atomic E-state index is 12.3. The molecule has 144 valence electrons. The number of esters is 1. The zero-order valence-electron chi connectivity index (χ0n) is 15.3. The van der Waals surface area contributed by atoms with Crippen LogP contribution in [0.25, 0.3) is 5.69 Å². The molecule has 0 aliphatic rings. The van der Waals surface area contributed by atoms with Gasteiger partial charge in [0.05, 0.1) is 16.5 Å². The fourth-order valence-electron chi connectivity index (χ4n) is 2.59. The van der Waals surface area contributed by atoms with E-state index < -0.39 is 10.9 Å². The smallest absolute Gasteiger partial charge is 0.338 e. The fraction of sp³-hybridized carbons (Fsp3) is 0.200. The van der Waals surface area contributed by atoms with Gasteiger partial charge in [-0.1, -0.05) is 6.92 Å². The van der Waals surface area contributed by atoms with Crippen LogP contribution in [0.5, 0.6) is 0 Å². The number of carbonyl (C=O) groups is 1. The molecule has 0 radical (unpaired) electrons. The highest BCUT2D eigenvalue weighted by Crippen LogP contribution is 2.14. The van der Waals surface area contributed by atoms with Gasteiger partial charge in [0.15, 0.2) is 0 Å². The topological polar surface area (TPSA) is 99.3 Å². The number of benzene rings is 1. The standard InChI is InChI=1S/C20H20N4O4/c1-2-16(22-19-10-9-18(13-21-19)24(26)27)14-28-20(25)15-5-7-17(8-6-15)23-11-3-4-12-23/h3-13,16H,2,14H2,1H3,(H,21,22). The van der Waals surface area contributed by atoms with E-state index in [9.17, 15) is 14.9 Å². The van der Waals surface area contributed by atoms with Gasteiger partial charge >= 0.3 is 5.97 Å². The molecule has 3 rings (SSSR count). The molecule has 0 aliphatic heterocycles. The molecule has 8 heteroatoms. The Morgan fingerprint density at radius 1 is 1.21 bits per heavy atom. The summed E-state index contributed by atoms with van der Waals surface area (Å²) >= 11 is 0. The minimum Gasteiger partial charge on any atom is -0.460 e. The Labute approximate surface area is 161 Å². The maximum Gasteiger partial charge on any atom is 0.338 e. The van der Waals surface area contributed by atoms with Crippen molar-refractivity contribution in [2.75, 3.05) is 11.9 Å². The van der Waals surface area contributed by atoms with E-state index in [1.807, 2.05) is 48.1 Å². The highest BCUT2D eigenvalue weighted by atomic mass is 16.6. The number of nitro groups is 1. The third-order valence-corrected chi connectivity index (χ3v) is 4.22. The van der Waals surface area contributed by atoms with Crippen molar-refractivity contribution in [3.8, 4) is 5.69 Å². The van der Waals surface area contributed by atoms with E-state index in [1.54, 1.807) is 12.1 Å². The molecule has 0 bridgehead atoms. The molecule has 0 spiro atoms. The number of nitrogens with one attached hydrogen (secondary N) is 1. The summed E-state index contributed by atoms with van der Waals surface area (Å²) in [4.78, 5) is 26.5. The zero-order chi connectivity index (χ0) is 19.9. The lowest BCUT2D eigenvalue weighted by Gasteiger charge is -2.17. The third kappa shape index (κ3) is 4.73. The Bertz CT molecular complexity index is 922. The van der Waals surface area contributed by atoms with Gasteiger partial charge < -0.3 is 14.6 Å². The van der Waals surface area contributed by atoms with Crippen LogP contribution < -0.4 is 5.32 Å². The van der Waals surface area contributed by atoms with Gasteiger partial charge in [0.2, 0.25) is 0 Å². The molecule has 28 heavy (non-hydrogen) atoms. The summed E-state index contributed by atoms with van der Waals surface area (Å²) in [5, 5.41) is 13.8. The van der Waals surface area contributed by atoms with Crippen molar-refractivity contribution in [2.45, 2.75) is 19.4 Å². The van der Waals surface area contributed by atoms with E-state index in [-0.39, 0.29) is 18.3 Å². The summed E-state index contributed by atoms with van der Waals surface area (Å²) in [7, 11) is 0. The molecule has 0 aliphatic carbocycles. The minimum absolute atomic E-state index is 0.0756. The Morgan fingerprint density at radius 3 is 2.50 bits per heavy atom. The summed E-state index contributed by atoms with van der Waals surface area (Å²) < 4.78 is 7.35. The van der Waals surface area contributed by atoms with Crippen LogP contribution >= 0.6 is 0 Å². The molecule has 0 saturated heterocycles. The van der Waals surface area contributed by atoms with Crippen molar-refractivity contribution in [2.24, 2.45) is 0 Å². The number of rotatable bonds is 8. The molecule has 2 aromatic heterocycles. The van der Waals surface area contributed by atoms with E-state index in [0.717, 1.165) is 5.69 Å². The second-order valence-corrected chi connectivity index (χ2v) is 6.14. The quantitative estimate of drug-likeness (QED) is 0.362. The van der Waals surface area contributed by atoms with Crippen molar-refractivity contribution in [3.63, 3.8) is 0 Å². The summed E-state index contributed by atoms with van der Waals surface area (Å²) in [6.45, 7) is 2.11. The number of aromatic nitrogens is 2. The first-order valence-corrected chi connectivity index (χ1v) is 8.84. The molecule has 0 amide bonds. The van der Waals surface area contributed by atoms with Crippen molar-refractivity contribution in [1.29, 1.82) is 0 Å². The van der Waals surface area contributed by atoms with Gasteiger partial charge in [0.25, 0.3) is 5.69 Å². The van der Waals surface area contributed by atoms with Crippen LogP contribution in [0.2, 0.25) is 0 Å². The number of pyridine rings is 1. The Morgan fingerprint density at radius 2 is 1.93 bits per heavy atom.